The van der Waals surface area contributed by atoms with E-state index in [1.807, 2.05) is 19.0 Å². The molecule has 1 aliphatic rings. The molecule has 0 radical (unpaired) electrons. The summed E-state index contributed by atoms with van der Waals surface area (Å²) in [5, 5.41) is 0. The number of nitrogens with zero attached hydrogens (tertiary/aromatic N) is 2. The minimum absolute atomic E-state index is 0.121. The standard InChI is InChI=1S/C14H19FN2O/c1-16-8-5-9-17(2)13(10-16)14(18)11-6-3-4-7-12(11)15/h3-4,6-7,13H,5,8-10H2,1-2H3. The van der Waals surface area contributed by atoms with Crippen LogP contribution in [-0.2, 0) is 0 Å². The maximum atomic E-state index is 13.7. The van der Waals surface area contributed by atoms with Crippen LogP contribution in [0.3, 0.4) is 0 Å². The first-order chi connectivity index (χ1) is 8.59. The van der Waals surface area contributed by atoms with E-state index in [1.54, 1.807) is 18.2 Å². The monoisotopic (exact) mass is 250 g/mol. The van der Waals surface area contributed by atoms with E-state index in [0.717, 1.165) is 19.5 Å². The van der Waals surface area contributed by atoms with Gasteiger partial charge >= 0.3 is 0 Å². The van der Waals surface area contributed by atoms with E-state index < -0.39 is 5.82 Å². The first-order valence-electron chi connectivity index (χ1n) is 6.27. The number of carbonyl (C=O) groups excluding carboxylic acids is 1. The van der Waals surface area contributed by atoms with Crippen molar-refractivity contribution >= 4 is 5.78 Å². The molecule has 0 saturated carbocycles. The molecule has 3 nitrogen and oxygen atoms in total. The van der Waals surface area contributed by atoms with E-state index in [9.17, 15) is 9.18 Å². The Morgan fingerprint density at radius 1 is 1.28 bits per heavy atom. The van der Waals surface area contributed by atoms with Gasteiger partial charge in [0.15, 0.2) is 5.78 Å². The van der Waals surface area contributed by atoms with Gasteiger partial charge in [-0.1, -0.05) is 12.1 Å². The Labute approximate surface area is 107 Å². The van der Waals surface area contributed by atoms with Crippen LogP contribution in [0.25, 0.3) is 0 Å². The third kappa shape index (κ3) is 2.76. The number of Topliss-reactive ketones (excluding diaryl/α,β-unsaturated/α-hetero) is 1. The van der Waals surface area contributed by atoms with Crippen molar-refractivity contribution < 1.29 is 9.18 Å². The molecule has 1 unspecified atom stereocenters. The van der Waals surface area contributed by atoms with E-state index in [2.05, 4.69) is 4.90 Å². The molecular formula is C14H19FN2O. The smallest absolute Gasteiger partial charge is 0.184 e. The van der Waals surface area contributed by atoms with E-state index in [4.69, 9.17) is 0 Å². The molecule has 98 valence electrons. The molecule has 0 amide bonds. The highest BCUT2D eigenvalue weighted by Crippen LogP contribution is 2.15. The van der Waals surface area contributed by atoms with E-state index in [1.165, 1.54) is 6.07 Å². The van der Waals surface area contributed by atoms with Crippen LogP contribution in [0.4, 0.5) is 4.39 Å². The van der Waals surface area contributed by atoms with Crippen LogP contribution >= 0.6 is 0 Å². The summed E-state index contributed by atoms with van der Waals surface area (Å²) in [6.45, 7) is 2.50. The predicted molar refractivity (Wildman–Crippen MR) is 69.3 cm³/mol. The molecule has 2 rings (SSSR count). The molecule has 1 aromatic carbocycles. The van der Waals surface area contributed by atoms with Crippen LogP contribution in [-0.4, -0.2) is 55.4 Å². The maximum absolute atomic E-state index is 13.7. The third-order valence-electron chi connectivity index (χ3n) is 3.51. The van der Waals surface area contributed by atoms with Crippen molar-refractivity contribution in [3.8, 4) is 0 Å². The first-order valence-corrected chi connectivity index (χ1v) is 6.27. The molecule has 0 N–H and O–H groups in total. The Bertz CT molecular complexity index is 436. The Hall–Kier alpha value is -1.26. The Morgan fingerprint density at radius 2 is 2.00 bits per heavy atom. The number of ketones is 1. The lowest BCUT2D eigenvalue weighted by molar-refractivity contribution is 0.0835. The van der Waals surface area contributed by atoms with Crippen LogP contribution in [0.5, 0.6) is 0 Å². The number of rotatable bonds is 2. The molecule has 18 heavy (non-hydrogen) atoms. The molecule has 1 saturated heterocycles. The van der Waals surface area contributed by atoms with Crippen LogP contribution in [0.2, 0.25) is 0 Å². The molecule has 0 bridgehead atoms. The van der Waals surface area contributed by atoms with Crippen molar-refractivity contribution in [2.75, 3.05) is 33.7 Å². The molecule has 1 aliphatic heterocycles. The molecular weight excluding hydrogens is 231 g/mol. The summed E-state index contributed by atoms with van der Waals surface area (Å²) in [6.07, 6.45) is 1.04. The van der Waals surface area contributed by atoms with Crippen LogP contribution in [0.15, 0.2) is 24.3 Å². The van der Waals surface area contributed by atoms with Gasteiger partial charge in [-0.15, -0.1) is 0 Å². The lowest BCUT2D eigenvalue weighted by Gasteiger charge is -2.26. The summed E-state index contributed by atoms with van der Waals surface area (Å²) in [5.41, 5.74) is 0.199. The van der Waals surface area contributed by atoms with Crippen molar-refractivity contribution in [1.82, 2.24) is 9.80 Å². The number of halogens is 1. The fourth-order valence-corrected chi connectivity index (χ4v) is 2.40. The summed E-state index contributed by atoms with van der Waals surface area (Å²) < 4.78 is 13.7. The zero-order chi connectivity index (χ0) is 13.1. The number of carbonyl (C=O) groups is 1. The highest BCUT2D eigenvalue weighted by Gasteiger charge is 2.29. The van der Waals surface area contributed by atoms with Gasteiger partial charge in [-0.05, 0) is 45.7 Å². The molecule has 4 heteroatoms. The van der Waals surface area contributed by atoms with E-state index in [0.29, 0.717) is 6.54 Å². The topological polar surface area (TPSA) is 23.6 Å². The van der Waals surface area contributed by atoms with Gasteiger partial charge in [0.1, 0.15) is 5.82 Å². The van der Waals surface area contributed by atoms with Crippen molar-refractivity contribution in [2.45, 2.75) is 12.5 Å². The van der Waals surface area contributed by atoms with Crippen LogP contribution < -0.4 is 0 Å². The normalized spacial score (nSPS) is 22.7. The lowest BCUT2D eigenvalue weighted by Crippen LogP contribution is -2.43. The molecule has 1 heterocycles. The fourth-order valence-electron chi connectivity index (χ4n) is 2.40. The SMILES string of the molecule is CN1CCCN(C)C(C(=O)c2ccccc2F)C1. The van der Waals surface area contributed by atoms with Crippen molar-refractivity contribution in [3.05, 3.63) is 35.6 Å². The van der Waals surface area contributed by atoms with Crippen molar-refractivity contribution in [2.24, 2.45) is 0 Å². The quantitative estimate of drug-likeness (QED) is 0.746. The molecule has 0 aromatic heterocycles. The summed E-state index contributed by atoms with van der Waals surface area (Å²) in [7, 11) is 3.93. The highest BCUT2D eigenvalue weighted by molar-refractivity contribution is 6.00. The van der Waals surface area contributed by atoms with Crippen molar-refractivity contribution in [3.63, 3.8) is 0 Å². The lowest BCUT2D eigenvalue weighted by atomic mass is 10.0. The van der Waals surface area contributed by atoms with Gasteiger partial charge < -0.3 is 4.90 Å². The predicted octanol–water partition coefficient (Wildman–Crippen LogP) is 1.64. The average Bonchev–Trinajstić information content (AvgIpc) is 2.51. The molecule has 0 spiro atoms. The highest BCUT2D eigenvalue weighted by atomic mass is 19.1. The van der Waals surface area contributed by atoms with Gasteiger partial charge in [0.25, 0.3) is 0 Å². The largest absolute Gasteiger partial charge is 0.304 e. The van der Waals surface area contributed by atoms with E-state index >= 15 is 0 Å². The van der Waals surface area contributed by atoms with Gasteiger partial charge in [0.2, 0.25) is 0 Å². The summed E-state index contributed by atoms with van der Waals surface area (Å²) in [5.74, 6) is -0.549. The summed E-state index contributed by atoms with van der Waals surface area (Å²) in [6, 6.07) is 5.96. The zero-order valence-corrected chi connectivity index (χ0v) is 10.9. The first kappa shape index (κ1) is 13.2. The number of hydrogen-bond acceptors (Lipinski definition) is 3. The second kappa shape index (κ2) is 5.59. The van der Waals surface area contributed by atoms with Gasteiger partial charge in [-0.3, -0.25) is 9.69 Å². The fraction of sp³-hybridized carbons (Fsp3) is 0.500. The Balaban J connectivity index is 2.23. The number of benzene rings is 1. The summed E-state index contributed by atoms with van der Waals surface area (Å²) >= 11 is 0. The maximum Gasteiger partial charge on any atom is 0.184 e. The van der Waals surface area contributed by atoms with Gasteiger partial charge in [0.05, 0.1) is 11.6 Å². The van der Waals surface area contributed by atoms with Gasteiger partial charge in [0, 0.05) is 6.54 Å². The second-order valence-corrected chi connectivity index (χ2v) is 4.96. The van der Waals surface area contributed by atoms with Crippen LogP contribution in [0.1, 0.15) is 16.8 Å². The van der Waals surface area contributed by atoms with Gasteiger partial charge in [-0.2, -0.15) is 0 Å². The number of likely N-dealkylation sites (N-methyl/N-ethyl adjacent to an activating group) is 2. The minimum atomic E-state index is -0.428. The zero-order valence-electron chi connectivity index (χ0n) is 10.9. The van der Waals surface area contributed by atoms with Gasteiger partial charge in [-0.25, -0.2) is 4.39 Å². The Morgan fingerprint density at radius 3 is 2.72 bits per heavy atom. The molecule has 1 atom stereocenters. The minimum Gasteiger partial charge on any atom is -0.304 e. The third-order valence-corrected chi connectivity index (χ3v) is 3.51. The molecule has 0 aliphatic carbocycles. The second-order valence-electron chi connectivity index (χ2n) is 4.96. The number of hydrogen-bond donors (Lipinski definition) is 0. The summed E-state index contributed by atoms with van der Waals surface area (Å²) in [4.78, 5) is 16.6. The van der Waals surface area contributed by atoms with Crippen LogP contribution in [0, 0.1) is 5.82 Å². The Kier molecular flexibility index (Phi) is 4.09. The van der Waals surface area contributed by atoms with Crippen molar-refractivity contribution in [1.29, 1.82) is 0 Å². The van der Waals surface area contributed by atoms with E-state index in [-0.39, 0.29) is 17.4 Å². The average molecular weight is 250 g/mol. The molecule has 1 fully saturated rings. The molecule has 1 aromatic rings.